The molecule has 0 unspecified atom stereocenters. The van der Waals surface area contributed by atoms with Gasteiger partial charge in [-0.25, -0.2) is 0 Å². The Balaban J connectivity index is 1.94. The van der Waals surface area contributed by atoms with Gasteiger partial charge < -0.3 is 14.5 Å². The zero-order valence-electron chi connectivity index (χ0n) is 10.6. The van der Waals surface area contributed by atoms with Crippen LogP contribution >= 0.6 is 0 Å². The van der Waals surface area contributed by atoms with Gasteiger partial charge in [0, 0.05) is 33.8 Å². The molecule has 0 bridgehead atoms. The van der Waals surface area contributed by atoms with Crippen LogP contribution in [0.5, 0.6) is 0 Å². The second-order valence-corrected chi connectivity index (χ2v) is 5.07. The molecule has 0 aromatic carbocycles. The zero-order chi connectivity index (χ0) is 12.5. The summed E-state index contributed by atoms with van der Waals surface area (Å²) >= 11 is 0. The maximum atomic E-state index is 12.1. The Morgan fingerprint density at radius 2 is 1.88 bits per heavy atom. The molecule has 2 fully saturated rings. The first-order chi connectivity index (χ1) is 8.09. The molecule has 2 aliphatic heterocycles. The van der Waals surface area contributed by atoms with Crippen LogP contribution in [0.2, 0.25) is 0 Å². The van der Waals surface area contributed by atoms with Gasteiger partial charge >= 0.3 is 0 Å². The summed E-state index contributed by atoms with van der Waals surface area (Å²) in [6.45, 7) is 2.36. The van der Waals surface area contributed by atoms with Gasteiger partial charge in [-0.3, -0.25) is 9.59 Å². The highest BCUT2D eigenvalue weighted by molar-refractivity contribution is 5.85. The highest BCUT2D eigenvalue weighted by Crippen LogP contribution is 2.40. The average Bonchev–Trinajstić information content (AvgIpc) is 2.60. The number of hydrogen-bond donors (Lipinski definition) is 0. The molecule has 5 nitrogen and oxygen atoms in total. The van der Waals surface area contributed by atoms with Crippen LogP contribution in [-0.2, 0) is 14.3 Å². The molecule has 0 aromatic rings. The molecule has 2 heterocycles. The van der Waals surface area contributed by atoms with Gasteiger partial charge in [-0.15, -0.1) is 0 Å². The third kappa shape index (κ3) is 2.16. The lowest BCUT2D eigenvalue weighted by molar-refractivity contribution is -0.143. The summed E-state index contributed by atoms with van der Waals surface area (Å²) in [5, 5.41) is 0. The monoisotopic (exact) mass is 240 g/mol. The van der Waals surface area contributed by atoms with Crippen molar-refractivity contribution in [2.45, 2.75) is 19.3 Å². The Hall–Kier alpha value is -1.10. The average molecular weight is 240 g/mol. The van der Waals surface area contributed by atoms with Gasteiger partial charge in [0.15, 0.2) is 0 Å². The number of amides is 2. The smallest absolute Gasteiger partial charge is 0.248 e. The molecular weight excluding hydrogens is 220 g/mol. The van der Waals surface area contributed by atoms with E-state index in [4.69, 9.17) is 4.74 Å². The summed E-state index contributed by atoms with van der Waals surface area (Å²) in [6, 6.07) is 0. The molecular formula is C12H20N2O3. The number of likely N-dealkylation sites (tertiary alicyclic amines) is 2. The predicted molar refractivity (Wildman–Crippen MR) is 62.4 cm³/mol. The van der Waals surface area contributed by atoms with Crippen molar-refractivity contribution in [1.29, 1.82) is 0 Å². The number of methoxy groups -OCH3 is 1. The standard InChI is InChI=1S/C12H20N2O3/c1-13-6-3-12(11(13)16)4-7-14(8-5-12)10(15)9-17-2/h3-9H2,1-2H3. The molecule has 5 heteroatoms. The third-order valence-electron chi connectivity index (χ3n) is 4.07. The van der Waals surface area contributed by atoms with Crippen molar-refractivity contribution in [1.82, 2.24) is 9.80 Å². The van der Waals surface area contributed by atoms with Crippen molar-refractivity contribution >= 4 is 11.8 Å². The van der Waals surface area contributed by atoms with Gasteiger partial charge in [0.2, 0.25) is 11.8 Å². The van der Waals surface area contributed by atoms with Crippen LogP contribution in [0.15, 0.2) is 0 Å². The van der Waals surface area contributed by atoms with Crippen LogP contribution in [0.1, 0.15) is 19.3 Å². The van der Waals surface area contributed by atoms with Crippen molar-refractivity contribution in [3.8, 4) is 0 Å². The largest absolute Gasteiger partial charge is 0.375 e. The number of carbonyl (C=O) groups is 2. The van der Waals surface area contributed by atoms with E-state index in [0.717, 1.165) is 25.8 Å². The minimum absolute atomic E-state index is 0.0288. The van der Waals surface area contributed by atoms with Gasteiger partial charge in [-0.2, -0.15) is 0 Å². The number of carbonyl (C=O) groups excluding carboxylic acids is 2. The summed E-state index contributed by atoms with van der Waals surface area (Å²) in [5.74, 6) is 0.289. The normalized spacial score (nSPS) is 23.5. The summed E-state index contributed by atoms with van der Waals surface area (Å²) in [4.78, 5) is 27.4. The number of hydrogen-bond acceptors (Lipinski definition) is 3. The van der Waals surface area contributed by atoms with E-state index in [1.165, 1.54) is 7.11 Å². The second-order valence-electron chi connectivity index (χ2n) is 5.07. The predicted octanol–water partition coefficient (Wildman–Crippen LogP) is 0.104. The number of ether oxygens (including phenoxy) is 1. The van der Waals surface area contributed by atoms with Crippen molar-refractivity contribution in [2.75, 3.05) is 40.4 Å². The molecule has 0 aromatic heterocycles. The van der Waals surface area contributed by atoms with Crippen LogP contribution in [0.3, 0.4) is 0 Å². The highest BCUT2D eigenvalue weighted by atomic mass is 16.5. The van der Waals surface area contributed by atoms with Gasteiger partial charge in [0.25, 0.3) is 0 Å². The number of rotatable bonds is 2. The van der Waals surface area contributed by atoms with E-state index < -0.39 is 0 Å². The maximum absolute atomic E-state index is 12.1. The lowest BCUT2D eigenvalue weighted by atomic mass is 9.77. The molecule has 0 saturated carbocycles. The molecule has 0 atom stereocenters. The van der Waals surface area contributed by atoms with Gasteiger partial charge in [0.1, 0.15) is 6.61 Å². The molecule has 96 valence electrons. The Morgan fingerprint density at radius 1 is 1.29 bits per heavy atom. The van der Waals surface area contributed by atoms with E-state index >= 15 is 0 Å². The van der Waals surface area contributed by atoms with Crippen LogP contribution in [0.25, 0.3) is 0 Å². The first-order valence-electron chi connectivity index (χ1n) is 6.11. The zero-order valence-corrected chi connectivity index (χ0v) is 10.6. The Kier molecular flexibility index (Phi) is 3.38. The first kappa shape index (κ1) is 12.4. The van der Waals surface area contributed by atoms with Crippen molar-refractivity contribution in [2.24, 2.45) is 5.41 Å². The molecule has 0 N–H and O–H groups in total. The van der Waals surface area contributed by atoms with E-state index in [2.05, 4.69) is 0 Å². The van der Waals surface area contributed by atoms with Crippen molar-refractivity contribution in [3.05, 3.63) is 0 Å². The second kappa shape index (κ2) is 4.64. The lowest BCUT2D eigenvalue weighted by Crippen LogP contribution is -2.47. The van der Waals surface area contributed by atoms with Crippen molar-refractivity contribution in [3.63, 3.8) is 0 Å². The fraction of sp³-hybridized carbons (Fsp3) is 0.833. The fourth-order valence-corrected chi connectivity index (χ4v) is 2.86. The maximum Gasteiger partial charge on any atom is 0.248 e. The summed E-state index contributed by atoms with van der Waals surface area (Å²) in [6.07, 6.45) is 2.53. The van der Waals surface area contributed by atoms with Gasteiger partial charge in [0.05, 0.1) is 5.41 Å². The van der Waals surface area contributed by atoms with E-state index in [9.17, 15) is 9.59 Å². The molecule has 1 spiro atoms. The molecule has 2 rings (SSSR count). The number of piperidine rings is 1. The number of nitrogens with zero attached hydrogens (tertiary/aromatic N) is 2. The molecule has 2 amide bonds. The minimum Gasteiger partial charge on any atom is -0.375 e. The van der Waals surface area contributed by atoms with Gasteiger partial charge in [-0.1, -0.05) is 0 Å². The SMILES string of the molecule is COCC(=O)N1CCC2(CCN(C)C2=O)CC1. The summed E-state index contributed by atoms with van der Waals surface area (Å²) < 4.78 is 4.85. The molecule has 2 saturated heterocycles. The van der Waals surface area contributed by atoms with E-state index in [0.29, 0.717) is 13.1 Å². The summed E-state index contributed by atoms with van der Waals surface area (Å²) in [7, 11) is 3.39. The quantitative estimate of drug-likeness (QED) is 0.688. The van der Waals surface area contributed by atoms with E-state index in [-0.39, 0.29) is 23.8 Å². The third-order valence-corrected chi connectivity index (χ3v) is 4.07. The molecule has 17 heavy (non-hydrogen) atoms. The van der Waals surface area contributed by atoms with Gasteiger partial charge in [-0.05, 0) is 19.3 Å². The Morgan fingerprint density at radius 3 is 2.35 bits per heavy atom. The van der Waals surface area contributed by atoms with Crippen LogP contribution in [0.4, 0.5) is 0 Å². The van der Waals surface area contributed by atoms with Crippen LogP contribution in [0, 0.1) is 5.41 Å². The fourth-order valence-electron chi connectivity index (χ4n) is 2.86. The van der Waals surface area contributed by atoms with E-state index in [1.54, 1.807) is 4.90 Å². The molecule has 2 aliphatic rings. The topological polar surface area (TPSA) is 49.9 Å². The molecule has 0 radical (unpaired) electrons. The van der Waals surface area contributed by atoms with Crippen LogP contribution < -0.4 is 0 Å². The lowest BCUT2D eigenvalue weighted by Gasteiger charge is -2.37. The molecule has 0 aliphatic carbocycles. The van der Waals surface area contributed by atoms with E-state index in [1.807, 2.05) is 11.9 Å². The minimum atomic E-state index is -0.182. The first-order valence-corrected chi connectivity index (χ1v) is 6.11. The highest BCUT2D eigenvalue weighted by Gasteiger charge is 2.47. The Labute approximate surface area is 102 Å². The van der Waals surface area contributed by atoms with Crippen LogP contribution in [-0.4, -0.2) is 62.0 Å². The Bertz CT molecular complexity index is 322. The summed E-state index contributed by atoms with van der Waals surface area (Å²) in [5.41, 5.74) is -0.182. The van der Waals surface area contributed by atoms with Crippen molar-refractivity contribution < 1.29 is 14.3 Å².